The zero-order chi connectivity index (χ0) is 20.8. The molecule has 0 bridgehead atoms. The Morgan fingerprint density at radius 2 is 1.60 bits per heavy atom. The molecule has 0 aliphatic rings. The van der Waals surface area contributed by atoms with E-state index in [0.717, 1.165) is 11.3 Å². The van der Waals surface area contributed by atoms with E-state index in [0.29, 0.717) is 29.1 Å². The van der Waals surface area contributed by atoms with Gasteiger partial charge in [0.2, 0.25) is 0 Å². The van der Waals surface area contributed by atoms with Gasteiger partial charge in [-0.2, -0.15) is 9.78 Å². The van der Waals surface area contributed by atoms with Gasteiger partial charge in [0, 0.05) is 0 Å². The summed E-state index contributed by atoms with van der Waals surface area (Å²) in [6.07, 6.45) is 1.62. The van der Waals surface area contributed by atoms with Crippen LogP contribution in [0.1, 0.15) is 18.3 Å². The number of fused-ring (bicyclic) bond motifs is 1. The third-order valence-electron chi connectivity index (χ3n) is 4.45. The summed E-state index contributed by atoms with van der Waals surface area (Å²) in [5.74, 6) is 1.91. The van der Waals surface area contributed by atoms with Gasteiger partial charge >= 0.3 is 0 Å². The van der Waals surface area contributed by atoms with Gasteiger partial charge in [0.1, 0.15) is 18.1 Å². The van der Waals surface area contributed by atoms with Crippen molar-refractivity contribution >= 4 is 17.1 Å². The summed E-state index contributed by atoms with van der Waals surface area (Å²) < 4.78 is 12.6. The van der Waals surface area contributed by atoms with E-state index in [-0.39, 0.29) is 12.2 Å². The first-order valence-corrected chi connectivity index (χ1v) is 9.70. The summed E-state index contributed by atoms with van der Waals surface area (Å²) in [5.41, 5.74) is 1.21. The summed E-state index contributed by atoms with van der Waals surface area (Å²) in [4.78, 5) is 17.7. The van der Waals surface area contributed by atoms with Gasteiger partial charge < -0.3 is 9.47 Å². The van der Waals surface area contributed by atoms with Crippen LogP contribution in [0.4, 0.5) is 0 Å². The Bertz CT molecular complexity index is 1220. The lowest BCUT2D eigenvalue weighted by Gasteiger charge is -2.10. The summed E-state index contributed by atoms with van der Waals surface area (Å²) in [7, 11) is 0. The summed E-state index contributed by atoms with van der Waals surface area (Å²) in [6, 6.07) is 24.1. The molecule has 4 rings (SSSR count). The molecule has 30 heavy (non-hydrogen) atoms. The molecule has 6 nitrogen and oxygen atoms in total. The molecule has 0 aliphatic heterocycles. The molecule has 0 spiro atoms. The lowest BCUT2D eigenvalue weighted by molar-refractivity contribution is 0.289. The Labute approximate surface area is 174 Å². The minimum Gasteiger partial charge on any atom is -0.494 e. The van der Waals surface area contributed by atoms with Crippen molar-refractivity contribution in [3.63, 3.8) is 0 Å². The molecule has 0 unspecified atom stereocenters. The Morgan fingerprint density at radius 1 is 0.900 bits per heavy atom. The number of hydrogen-bond acceptors (Lipinski definition) is 5. The van der Waals surface area contributed by atoms with Crippen LogP contribution in [-0.4, -0.2) is 22.5 Å². The predicted molar refractivity (Wildman–Crippen MR) is 117 cm³/mol. The molecule has 0 saturated carbocycles. The number of rotatable bonds is 7. The minimum absolute atomic E-state index is 0.116. The van der Waals surface area contributed by atoms with E-state index in [1.807, 2.05) is 79.7 Å². The van der Waals surface area contributed by atoms with E-state index in [2.05, 4.69) is 10.1 Å². The molecule has 150 valence electrons. The van der Waals surface area contributed by atoms with Gasteiger partial charge in [0.05, 0.1) is 23.7 Å². The first kappa shape index (κ1) is 19.4. The largest absolute Gasteiger partial charge is 0.494 e. The lowest BCUT2D eigenvalue weighted by Crippen LogP contribution is -2.23. The second-order valence-corrected chi connectivity index (χ2v) is 6.51. The van der Waals surface area contributed by atoms with Crippen molar-refractivity contribution in [3.05, 3.63) is 101 Å². The fourth-order valence-corrected chi connectivity index (χ4v) is 2.99. The van der Waals surface area contributed by atoms with Crippen LogP contribution in [0.3, 0.4) is 0 Å². The maximum atomic E-state index is 13.1. The van der Waals surface area contributed by atoms with Crippen LogP contribution in [-0.2, 0) is 6.61 Å². The Kier molecular flexibility index (Phi) is 5.85. The van der Waals surface area contributed by atoms with Gasteiger partial charge in [-0.3, -0.25) is 4.79 Å². The fraction of sp³-hybridized carbons (Fsp3) is 0.125. The van der Waals surface area contributed by atoms with Crippen molar-refractivity contribution in [3.8, 4) is 11.5 Å². The van der Waals surface area contributed by atoms with E-state index >= 15 is 0 Å². The first-order valence-electron chi connectivity index (χ1n) is 9.70. The molecule has 0 aliphatic carbocycles. The average Bonchev–Trinajstić information content (AvgIpc) is 2.79. The maximum Gasteiger partial charge on any atom is 0.282 e. The molecule has 4 aromatic rings. The molecule has 3 aromatic carbocycles. The Morgan fingerprint density at radius 3 is 2.37 bits per heavy atom. The van der Waals surface area contributed by atoms with Crippen LogP contribution in [0.2, 0.25) is 0 Å². The highest BCUT2D eigenvalue weighted by Gasteiger charge is 2.11. The van der Waals surface area contributed by atoms with Crippen molar-refractivity contribution in [2.24, 2.45) is 5.10 Å². The van der Waals surface area contributed by atoms with E-state index in [1.54, 1.807) is 12.3 Å². The van der Waals surface area contributed by atoms with Gasteiger partial charge in [0.25, 0.3) is 5.56 Å². The molecule has 0 atom stereocenters. The second kappa shape index (κ2) is 9.05. The van der Waals surface area contributed by atoms with Gasteiger partial charge in [-0.15, -0.1) is 0 Å². The smallest absolute Gasteiger partial charge is 0.282 e. The molecule has 0 radical (unpaired) electrons. The van der Waals surface area contributed by atoms with E-state index in [4.69, 9.17) is 9.47 Å². The number of benzene rings is 3. The number of ether oxygens (including phenoxy) is 2. The SMILES string of the molecule is CCOc1ccc(C=Nn2c(COc3ccccc3)nc3ccccc3c2=O)cc1. The molecule has 0 fully saturated rings. The van der Waals surface area contributed by atoms with Crippen LogP contribution in [0.25, 0.3) is 10.9 Å². The van der Waals surface area contributed by atoms with Crippen molar-refractivity contribution in [1.82, 2.24) is 9.66 Å². The summed E-state index contributed by atoms with van der Waals surface area (Å²) >= 11 is 0. The predicted octanol–water partition coefficient (Wildman–Crippen LogP) is 4.26. The molecule has 1 heterocycles. The van der Waals surface area contributed by atoms with E-state index in [9.17, 15) is 4.79 Å². The van der Waals surface area contributed by atoms with Crippen LogP contribution in [0.5, 0.6) is 11.5 Å². The quantitative estimate of drug-likeness (QED) is 0.436. The number of aromatic nitrogens is 2. The summed E-state index contributed by atoms with van der Waals surface area (Å²) in [6.45, 7) is 2.66. The molecular formula is C24H21N3O3. The summed E-state index contributed by atoms with van der Waals surface area (Å²) in [5, 5.41) is 4.91. The van der Waals surface area contributed by atoms with E-state index in [1.165, 1.54) is 4.68 Å². The third-order valence-corrected chi connectivity index (χ3v) is 4.45. The van der Waals surface area contributed by atoms with Crippen LogP contribution in [0, 0.1) is 0 Å². The van der Waals surface area contributed by atoms with E-state index < -0.39 is 0 Å². The fourth-order valence-electron chi connectivity index (χ4n) is 2.99. The number of nitrogens with zero attached hydrogens (tertiary/aromatic N) is 3. The highest BCUT2D eigenvalue weighted by Crippen LogP contribution is 2.14. The molecule has 0 saturated heterocycles. The van der Waals surface area contributed by atoms with Gasteiger partial charge in [0.15, 0.2) is 5.82 Å². The third kappa shape index (κ3) is 4.38. The molecule has 1 aromatic heterocycles. The number of hydrogen-bond donors (Lipinski definition) is 0. The van der Waals surface area contributed by atoms with Gasteiger partial charge in [-0.05, 0) is 61.0 Å². The second-order valence-electron chi connectivity index (χ2n) is 6.51. The lowest BCUT2D eigenvalue weighted by atomic mass is 10.2. The average molecular weight is 399 g/mol. The normalized spacial score (nSPS) is 11.1. The van der Waals surface area contributed by atoms with Crippen LogP contribution >= 0.6 is 0 Å². The first-order chi connectivity index (χ1) is 14.7. The van der Waals surface area contributed by atoms with Gasteiger partial charge in [-0.1, -0.05) is 30.3 Å². The monoisotopic (exact) mass is 399 g/mol. The van der Waals surface area contributed by atoms with Crippen molar-refractivity contribution in [2.45, 2.75) is 13.5 Å². The van der Waals surface area contributed by atoms with Gasteiger partial charge in [-0.25, -0.2) is 4.98 Å². The zero-order valence-corrected chi connectivity index (χ0v) is 16.6. The highest BCUT2D eigenvalue weighted by atomic mass is 16.5. The Balaban J connectivity index is 1.69. The standard InChI is InChI=1S/C24H21N3O3/c1-2-29-20-14-12-18(13-15-20)16-25-27-23(17-30-19-8-4-3-5-9-19)26-22-11-7-6-10-21(22)24(27)28/h3-16H,2,17H2,1H3. The van der Waals surface area contributed by atoms with Crippen molar-refractivity contribution in [2.75, 3.05) is 6.61 Å². The molecule has 6 heteroatoms. The van der Waals surface area contributed by atoms with Crippen LogP contribution in [0.15, 0.2) is 88.8 Å². The Hall–Kier alpha value is -3.93. The topological polar surface area (TPSA) is 65.7 Å². The zero-order valence-electron chi connectivity index (χ0n) is 16.6. The number of para-hydroxylation sites is 2. The maximum absolute atomic E-state index is 13.1. The van der Waals surface area contributed by atoms with Crippen LogP contribution < -0.4 is 15.0 Å². The highest BCUT2D eigenvalue weighted by molar-refractivity contribution is 5.80. The minimum atomic E-state index is -0.241. The molecule has 0 N–H and O–H groups in total. The van der Waals surface area contributed by atoms with Crippen molar-refractivity contribution < 1.29 is 9.47 Å². The molecular weight excluding hydrogens is 378 g/mol. The van der Waals surface area contributed by atoms with Crippen molar-refractivity contribution in [1.29, 1.82) is 0 Å². The molecule has 0 amide bonds.